The Hall–Kier alpha value is -2.13. The number of nitrogens with zero attached hydrogens (tertiary/aromatic N) is 2. The fourth-order valence-electron chi connectivity index (χ4n) is 3.60. The molecule has 0 saturated carbocycles. The third-order valence-electron chi connectivity index (χ3n) is 5.66. The Bertz CT molecular complexity index is 869. The maximum atomic E-state index is 12.6. The summed E-state index contributed by atoms with van der Waals surface area (Å²) in [6.45, 7) is 6.73. The monoisotopic (exact) mass is 436 g/mol. The predicted molar refractivity (Wildman–Crippen MR) is 118 cm³/mol. The first-order valence-electron chi connectivity index (χ1n) is 10.5. The van der Waals surface area contributed by atoms with Gasteiger partial charge in [0.1, 0.15) is 0 Å². The molecule has 3 amide bonds. The molecule has 0 bridgehead atoms. The van der Waals surface area contributed by atoms with Gasteiger partial charge in [0.15, 0.2) is 0 Å². The lowest BCUT2D eigenvalue weighted by Crippen LogP contribution is -2.50. The minimum Gasteiger partial charge on any atom is -0.324 e. The fourth-order valence-corrected chi connectivity index (χ4v) is 4.63. The zero-order chi connectivity index (χ0) is 21.9. The first kappa shape index (κ1) is 22.6. The number of anilines is 2. The largest absolute Gasteiger partial charge is 0.324 e. The first-order valence-corrected chi connectivity index (χ1v) is 12.0. The molecule has 0 spiro atoms. The minimum atomic E-state index is -3.40. The average molecular weight is 437 g/mol. The smallest absolute Gasteiger partial charge is 0.321 e. The lowest BCUT2D eigenvalue weighted by molar-refractivity contribution is -0.119. The minimum absolute atomic E-state index is 0.142. The molecule has 2 saturated heterocycles. The first-order chi connectivity index (χ1) is 14.1. The van der Waals surface area contributed by atoms with Crippen LogP contribution in [0.2, 0.25) is 0 Å². The molecule has 9 heteroatoms. The van der Waals surface area contributed by atoms with Gasteiger partial charge in [-0.15, -0.1) is 0 Å². The Morgan fingerprint density at radius 1 is 1.03 bits per heavy atom. The number of nitrogens with one attached hydrogen (secondary N) is 2. The van der Waals surface area contributed by atoms with Crippen LogP contribution in [0.25, 0.3) is 0 Å². The SMILES string of the molecule is CC(C)(C)S(=O)(=O)NC1CCN(C(=O)Nc2ccc(N3CCCCC3=O)cc2)CC1. The summed E-state index contributed by atoms with van der Waals surface area (Å²) in [5, 5.41) is 2.89. The molecule has 2 aliphatic rings. The Kier molecular flexibility index (Phi) is 6.71. The quantitative estimate of drug-likeness (QED) is 0.758. The highest BCUT2D eigenvalue weighted by atomic mass is 32.2. The van der Waals surface area contributed by atoms with E-state index in [1.165, 1.54) is 0 Å². The number of hydrogen-bond donors (Lipinski definition) is 2. The molecule has 2 fully saturated rings. The van der Waals surface area contributed by atoms with Crippen LogP contribution in [0.15, 0.2) is 24.3 Å². The summed E-state index contributed by atoms with van der Waals surface area (Å²) in [5.74, 6) is 0.142. The molecule has 0 radical (unpaired) electrons. The van der Waals surface area contributed by atoms with Crippen molar-refractivity contribution >= 4 is 33.3 Å². The molecule has 8 nitrogen and oxygen atoms in total. The summed E-state index contributed by atoms with van der Waals surface area (Å²) in [5.41, 5.74) is 1.52. The fraction of sp³-hybridized carbons (Fsp3) is 0.619. The number of carbonyl (C=O) groups excluding carboxylic acids is 2. The van der Waals surface area contributed by atoms with E-state index in [2.05, 4.69) is 10.0 Å². The van der Waals surface area contributed by atoms with Gasteiger partial charge >= 0.3 is 6.03 Å². The van der Waals surface area contributed by atoms with Crippen molar-refractivity contribution in [3.05, 3.63) is 24.3 Å². The van der Waals surface area contributed by atoms with E-state index in [9.17, 15) is 18.0 Å². The number of sulfonamides is 1. The van der Waals surface area contributed by atoms with Crippen molar-refractivity contribution in [3.63, 3.8) is 0 Å². The molecule has 2 N–H and O–H groups in total. The molecule has 166 valence electrons. The van der Waals surface area contributed by atoms with Crippen molar-refractivity contribution in [2.75, 3.05) is 29.9 Å². The van der Waals surface area contributed by atoms with Gasteiger partial charge in [0.05, 0.1) is 4.75 Å². The van der Waals surface area contributed by atoms with Gasteiger partial charge in [-0.25, -0.2) is 17.9 Å². The van der Waals surface area contributed by atoms with E-state index in [-0.39, 0.29) is 18.0 Å². The van der Waals surface area contributed by atoms with Gasteiger partial charge in [0.25, 0.3) is 0 Å². The number of carbonyl (C=O) groups is 2. The molecule has 0 aliphatic carbocycles. The van der Waals surface area contributed by atoms with Crippen LogP contribution in [0.4, 0.5) is 16.2 Å². The van der Waals surface area contributed by atoms with Crippen LogP contribution >= 0.6 is 0 Å². The van der Waals surface area contributed by atoms with Gasteiger partial charge in [0, 0.05) is 43.5 Å². The zero-order valence-electron chi connectivity index (χ0n) is 18.0. The van der Waals surface area contributed by atoms with Crippen molar-refractivity contribution in [3.8, 4) is 0 Å². The van der Waals surface area contributed by atoms with E-state index < -0.39 is 14.8 Å². The Labute approximate surface area is 179 Å². The third-order valence-corrected chi connectivity index (χ3v) is 7.92. The number of rotatable bonds is 4. The van der Waals surface area contributed by atoms with Gasteiger partial charge in [-0.05, 0) is 70.7 Å². The highest BCUT2D eigenvalue weighted by molar-refractivity contribution is 7.90. The number of piperidine rings is 2. The topological polar surface area (TPSA) is 98.8 Å². The van der Waals surface area contributed by atoms with Crippen molar-refractivity contribution in [2.24, 2.45) is 0 Å². The second-order valence-electron chi connectivity index (χ2n) is 8.97. The molecule has 0 aromatic heterocycles. The van der Waals surface area contributed by atoms with Crippen LogP contribution < -0.4 is 14.9 Å². The Balaban J connectivity index is 1.51. The number of hydrogen-bond acceptors (Lipinski definition) is 4. The number of benzene rings is 1. The van der Waals surface area contributed by atoms with Crippen LogP contribution in [0.1, 0.15) is 52.9 Å². The summed E-state index contributed by atoms with van der Waals surface area (Å²) >= 11 is 0. The average Bonchev–Trinajstić information content (AvgIpc) is 2.68. The summed E-state index contributed by atoms with van der Waals surface area (Å²) in [7, 11) is -3.40. The van der Waals surface area contributed by atoms with E-state index in [1.807, 2.05) is 12.1 Å². The van der Waals surface area contributed by atoms with Gasteiger partial charge in [0.2, 0.25) is 15.9 Å². The molecule has 0 atom stereocenters. The van der Waals surface area contributed by atoms with Crippen LogP contribution in [0, 0.1) is 0 Å². The molecule has 1 aromatic rings. The molecule has 2 aliphatic heterocycles. The van der Waals surface area contributed by atoms with Crippen molar-refractivity contribution in [1.82, 2.24) is 9.62 Å². The van der Waals surface area contributed by atoms with Gasteiger partial charge in [-0.3, -0.25) is 4.79 Å². The lowest BCUT2D eigenvalue weighted by Gasteiger charge is -2.33. The van der Waals surface area contributed by atoms with E-state index in [0.717, 1.165) is 25.1 Å². The molecule has 2 heterocycles. The van der Waals surface area contributed by atoms with Crippen LogP contribution in [0.3, 0.4) is 0 Å². The highest BCUT2D eigenvalue weighted by Gasteiger charge is 2.33. The van der Waals surface area contributed by atoms with E-state index in [4.69, 9.17) is 0 Å². The number of urea groups is 1. The van der Waals surface area contributed by atoms with E-state index >= 15 is 0 Å². The predicted octanol–water partition coefficient (Wildman–Crippen LogP) is 2.92. The number of likely N-dealkylation sites (tertiary alicyclic amines) is 1. The highest BCUT2D eigenvalue weighted by Crippen LogP contribution is 2.23. The summed E-state index contributed by atoms with van der Waals surface area (Å²) in [6.07, 6.45) is 3.70. The molecule has 1 aromatic carbocycles. The molecule has 3 rings (SSSR count). The zero-order valence-corrected chi connectivity index (χ0v) is 18.8. The molecular weight excluding hydrogens is 404 g/mol. The van der Waals surface area contributed by atoms with Crippen molar-refractivity contribution < 1.29 is 18.0 Å². The van der Waals surface area contributed by atoms with Crippen molar-refractivity contribution in [2.45, 2.75) is 63.7 Å². The second-order valence-corrected chi connectivity index (χ2v) is 11.4. The second kappa shape index (κ2) is 8.93. The standard InChI is InChI=1S/C21H32N4O4S/c1-21(2,3)30(28,29)23-17-11-14-24(15-12-17)20(27)22-16-7-9-18(10-8-16)25-13-5-4-6-19(25)26/h7-10,17,23H,4-6,11-15H2,1-3H3,(H,22,27). The normalized spacial score (nSPS) is 19.1. The lowest BCUT2D eigenvalue weighted by atomic mass is 10.1. The summed E-state index contributed by atoms with van der Waals surface area (Å²) in [4.78, 5) is 28.1. The molecule has 30 heavy (non-hydrogen) atoms. The van der Waals surface area contributed by atoms with Crippen molar-refractivity contribution in [1.29, 1.82) is 0 Å². The third kappa shape index (κ3) is 5.31. The van der Waals surface area contributed by atoms with Gasteiger partial charge in [-0.1, -0.05) is 0 Å². The van der Waals surface area contributed by atoms with Gasteiger partial charge < -0.3 is 15.1 Å². The number of amides is 3. The molecule has 0 unspecified atom stereocenters. The van der Waals surface area contributed by atoms with Crippen LogP contribution in [-0.4, -0.2) is 55.7 Å². The maximum Gasteiger partial charge on any atom is 0.321 e. The van der Waals surface area contributed by atoms with Crippen LogP contribution in [-0.2, 0) is 14.8 Å². The van der Waals surface area contributed by atoms with E-state index in [0.29, 0.717) is 38.0 Å². The van der Waals surface area contributed by atoms with Gasteiger partial charge in [-0.2, -0.15) is 0 Å². The molecular formula is C21H32N4O4S. The Morgan fingerprint density at radius 3 is 2.23 bits per heavy atom. The summed E-state index contributed by atoms with van der Waals surface area (Å²) < 4.78 is 26.5. The Morgan fingerprint density at radius 2 is 1.67 bits per heavy atom. The maximum absolute atomic E-state index is 12.6. The van der Waals surface area contributed by atoms with E-state index in [1.54, 1.807) is 42.7 Å². The summed E-state index contributed by atoms with van der Waals surface area (Å²) in [6, 6.07) is 6.96. The van der Waals surface area contributed by atoms with Crippen LogP contribution in [0.5, 0.6) is 0 Å².